The van der Waals surface area contributed by atoms with Crippen molar-refractivity contribution in [1.82, 2.24) is 9.80 Å². The van der Waals surface area contributed by atoms with Crippen LogP contribution in [0.2, 0.25) is 0 Å². The van der Waals surface area contributed by atoms with Gasteiger partial charge in [-0.15, -0.1) is 0 Å². The van der Waals surface area contributed by atoms with E-state index in [1.54, 1.807) is 0 Å². The zero-order chi connectivity index (χ0) is 25.6. The van der Waals surface area contributed by atoms with E-state index in [0.29, 0.717) is 6.42 Å². The summed E-state index contributed by atoms with van der Waals surface area (Å²) in [6, 6.07) is 10.3. The van der Waals surface area contributed by atoms with Crippen molar-refractivity contribution in [3.05, 3.63) is 47.0 Å². The highest BCUT2D eigenvalue weighted by Crippen LogP contribution is 2.58. The van der Waals surface area contributed by atoms with Gasteiger partial charge in [0.15, 0.2) is 6.10 Å². The zero-order valence-corrected chi connectivity index (χ0v) is 21.4. The van der Waals surface area contributed by atoms with E-state index in [-0.39, 0.29) is 18.4 Å². The molecule has 0 radical (unpaired) electrons. The first kappa shape index (κ1) is 25.4. The van der Waals surface area contributed by atoms with E-state index < -0.39 is 35.9 Å². The maximum absolute atomic E-state index is 12.9. The first-order valence-electron chi connectivity index (χ1n) is 13.1. The molecule has 2 unspecified atom stereocenters. The minimum Gasteiger partial charge on any atom is -0.461 e. The largest absolute Gasteiger partial charge is 0.461 e. The summed E-state index contributed by atoms with van der Waals surface area (Å²) in [5.74, 6) is -1.43. The lowest BCUT2D eigenvalue weighted by molar-refractivity contribution is -0.188. The number of ether oxygens (including phenoxy) is 2. The molecule has 8 nitrogen and oxygen atoms in total. The number of allylic oxidation sites excluding steroid dienone is 1. The Hall–Kier alpha value is -2.26. The third-order valence-corrected chi connectivity index (χ3v) is 8.93. The van der Waals surface area contributed by atoms with Crippen LogP contribution in [0.15, 0.2) is 41.5 Å². The summed E-state index contributed by atoms with van der Waals surface area (Å²) in [5.41, 5.74) is -0.905. The Morgan fingerprint density at radius 1 is 1.08 bits per heavy atom. The summed E-state index contributed by atoms with van der Waals surface area (Å²) in [4.78, 5) is 29.9. The number of hydrogen-bond donors (Lipinski definition) is 2. The van der Waals surface area contributed by atoms with Crippen molar-refractivity contribution in [3.8, 4) is 0 Å². The molecule has 4 atom stereocenters. The quantitative estimate of drug-likeness (QED) is 0.454. The van der Waals surface area contributed by atoms with E-state index in [9.17, 15) is 19.8 Å². The molecule has 3 fully saturated rings. The third kappa shape index (κ3) is 4.38. The first-order chi connectivity index (χ1) is 17.1. The predicted octanol–water partition coefficient (Wildman–Crippen LogP) is 2.04. The van der Waals surface area contributed by atoms with Crippen molar-refractivity contribution in [2.45, 2.75) is 69.8 Å². The van der Waals surface area contributed by atoms with E-state index in [4.69, 9.17) is 9.47 Å². The summed E-state index contributed by atoms with van der Waals surface area (Å²) in [7, 11) is 0. The second-order valence-electron chi connectivity index (χ2n) is 11.4. The Bertz CT molecular complexity index is 1040. The van der Waals surface area contributed by atoms with E-state index in [1.807, 2.05) is 30.0 Å². The lowest BCUT2D eigenvalue weighted by Gasteiger charge is -2.50. The van der Waals surface area contributed by atoms with Crippen molar-refractivity contribution in [3.63, 3.8) is 0 Å². The van der Waals surface area contributed by atoms with Crippen LogP contribution in [0.1, 0.15) is 51.5 Å². The Balaban J connectivity index is 1.17. The molecule has 2 heterocycles. The average Bonchev–Trinajstić information content (AvgIpc) is 3.05. The summed E-state index contributed by atoms with van der Waals surface area (Å²) < 4.78 is 11.0. The van der Waals surface area contributed by atoms with Gasteiger partial charge < -0.3 is 19.7 Å². The molecular formula is C28H38N2O6. The summed E-state index contributed by atoms with van der Waals surface area (Å²) in [6.07, 6.45) is 2.89. The van der Waals surface area contributed by atoms with Crippen LogP contribution in [0, 0.1) is 5.41 Å². The van der Waals surface area contributed by atoms with Gasteiger partial charge in [-0.2, -0.15) is 0 Å². The highest BCUT2D eigenvalue weighted by molar-refractivity contribution is 5.86. The van der Waals surface area contributed by atoms with Gasteiger partial charge in [-0.25, -0.2) is 4.79 Å². The molecule has 1 aromatic carbocycles. The Labute approximate surface area is 212 Å². The normalized spacial score (nSPS) is 35.2. The summed E-state index contributed by atoms with van der Waals surface area (Å²) in [5, 5.41) is 23.0. The van der Waals surface area contributed by atoms with Crippen molar-refractivity contribution in [1.29, 1.82) is 0 Å². The molecule has 8 heteroatoms. The van der Waals surface area contributed by atoms with Gasteiger partial charge in [0.25, 0.3) is 0 Å². The maximum atomic E-state index is 12.9. The van der Waals surface area contributed by atoms with Crippen LogP contribution < -0.4 is 0 Å². The molecule has 196 valence electrons. The van der Waals surface area contributed by atoms with Crippen LogP contribution in [0.25, 0.3) is 0 Å². The average molecular weight is 499 g/mol. The molecule has 2 aliphatic heterocycles. The van der Waals surface area contributed by atoms with E-state index in [2.05, 4.69) is 24.0 Å². The fraction of sp³-hybridized carbons (Fsp3) is 0.643. The van der Waals surface area contributed by atoms with E-state index >= 15 is 0 Å². The fourth-order valence-corrected chi connectivity index (χ4v) is 6.67. The molecule has 1 saturated carbocycles. The van der Waals surface area contributed by atoms with Gasteiger partial charge in [0.05, 0.1) is 6.54 Å². The van der Waals surface area contributed by atoms with Gasteiger partial charge >= 0.3 is 11.9 Å². The van der Waals surface area contributed by atoms with Gasteiger partial charge in [-0.1, -0.05) is 42.8 Å². The van der Waals surface area contributed by atoms with Gasteiger partial charge in [0.1, 0.15) is 12.2 Å². The fourth-order valence-electron chi connectivity index (χ4n) is 6.67. The highest BCUT2D eigenvalue weighted by atomic mass is 16.6. The van der Waals surface area contributed by atoms with Gasteiger partial charge in [0.2, 0.25) is 5.60 Å². The number of fused-ring (bicyclic) bond motifs is 3. The molecule has 5 rings (SSSR count). The molecule has 2 aliphatic carbocycles. The van der Waals surface area contributed by atoms with Gasteiger partial charge in [-0.3, -0.25) is 14.6 Å². The maximum Gasteiger partial charge on any atom is 0.345 e. The smallest absolute Gasteiger partial charge is 0.345 e. The van der Waals surface area contributed by atoms with Crippen molar-refractivity contribution in [2.24, 2.45) is 5.41 Å². The third-order valence-electron chi connectivity index (χ3n) is 8.93. The van der Waals surface area contributed by atoms with E-state index in [1.165, 1.54) is 5.56 Å². The molecule has 0 spiro atoms. The predicted molar refractivity (Wildman–Crippen MR) is 133 cm³/mol. The summed E-state index contributed by atoms with van der Waals surface area (Å²) >= 11 is 0. The molecule has 2 N–H and O–H groups in total. The number of aliphatic hydroxyl groups is 2. The Morgan fingerprint density at radius 2 is 1.78 bits per heavy atom. The Kier molecular flexibility index (Phi) is 6.74. The van der Waals surface area contributed by atoms with Gasteiger partial charge in [0, 0.05) is 32.7 Å². The van der Waals surface area contributed by atoms with Crippen LogP contribution in [0.4, 0.5) is 0 Å². The topological polar surface area (TPSA) is 99.5 Å². The number of rotatable bonds is 6. The molecule has 1 aromatic rings. The van der Waals surface area contributed by atoms with Crippen LogP contribution in [0.3, 0.4) is 0 Å². The SMILES string of the molecule is CC1=C2[C@@H]3OC(=O)C(O)(COC(=O)CN4CCN(Cc5ccccc5)CC4)C3(O)CC[C@@]2(C)CCC1. The lowest BCUT2D eigenvalue weighted by atomic mass is 9.57. The molecule has 0 bridgehead atoms. The van der Waals surface area contributed by atoms with Crippen molar-refractivity contribution < 1.29 is 29.3 Å². The van der Waals surface area contributed by atoms with Crippen molar-refractivity contribution in [2.75, 3.05) is 39.3 Å². The molecule has 0 amide bonds. The minimum absolute atomic E-state index is 0.0779. The molecule has 36 heavy (non-hydrogen) atoms. The second-order valence-corrected chi connectivity index (χ2v) is 11.4. The number of carbonyl (C=O) groups is 2. The van der Waals surface area contributed by atoms with Crippen molar-refractivity contribution >= 4 is 11.9 Å². The van der Waals surface area contributed by atoms with Crippen LogP contribution in [-0.2, 0) is 25.6 Å². The molecule has 0 aromatic heterocycles. The zero-order valence-electron chi connectivity index (χ0n) is 21.4. The number of benzene rings is 1. The molecule has 4 aliphatic rings. The second kappa shape index (κ2) is 9.56. The number of carbonyl (C=O) groups excluding carboxylic acids is 2. The standard InChI is InChI=1S/C28H38N2O6/c1-20-7-6-10-26(2)11-12-27(33)24(23(20)26)36-25(32)28(27,34)19-35-22(31)18-30-15-13-29(14-16-30)17-21-8-4-3-5-9-21/h3-5,8-9,24,33-34H,6-7,10-19H2,1-2H3/t24-,26+,27?,28?/m0/s1. The minimum atomic E-state index is -2.27. The highest BCUT2D eigenvalue weighted by Gasteiger charge is 2.71. The van der Waals surface area contributed by atoms with Crippen LogP contribution in [0.5, 0.6) is 0 Å². The Morgan fingerprint density at radius 3 is 2.50 bits per heavy atom. The van der Waals surface area contributed by atoms with E-state index in [0.717, 1.165) is 63.1 Å². The number of esters is 2. The first-order valence-corrected chi connectivity index (χ1v) is 13.1. The molecule has 2 saturated heterocycles. The summed E-state index contributed by atoms with van der Waals surface area (Å²) in [6.45, 7) is 7.66. The van der Waals surface area contributed by atoms with Crippen LogP contribution in [-0.4, -0.2) is 88.6 Å². The van der Waals surface area contributed by atoms with Crippen LogP contribution >= 0.6 is 0 Å². The lowest BCUT2D eigenvalue weighted by Crippen LogP contribution is -2.64. The van der Waals surface area contributed by atoms with Gasteiger partial charge in [-0.05, 0) is 55.6 Å². The number of piperazine rings is 1. The monoisotopic (exact) mass is 498 g/mol. The number of hydrogen-bond acceptors (Lipinski definition) is 8. The molecular weight excluding hydrogens is 460 g/mol. The number of nitrogens with zero attached hydrogens (tertiary/aromatic N) is 2.